The molecule has 2 aliphatic rings. The van der Waals surface area contributed by atoms with Crippen molar-refractivity contribution in [2.75, 3.05) is 33.2 Å². The van der Waals surface area contributed by atoms with E-state index in [-0.39, 0.29) is 5.91 Å². The van der Waals surface area contributed by atoms with E-state index in [4.69, 9.17) is 0 Å². The van der Waals surface area contributed by atoms with Gasteiger partial charge < -0.3 is 14.8 Å². The zero-order chi connectivity index (χ0) is 15.8. The van der Waals surface area contributed by atoms with Crippen LogP contribution in [-0.4, -0.2) is 53.9 Å². The van der Waals surface area contributed by atoms with E-state index in [0.717, 1.165) is 56.5 Å². The molecule has 0 bridgehead atoms. The predicted molar refractivity (Wildman–Crippen MR) is 93.5 cm³/mol. The van der Waals surface area contributed by atoms with Gasteiger partial charge in [0.05, 0.1) is 0 Å². The number of likely N-dealkylation sites (N-methyl/N-ethyl adjacent to an activating group) is 1. The number of fused-ring (bicyclic) bond motifs is 1. The summed E-state index contributed by atoms with van der Waals surface area (Å²) in [6.45, 7) is 3.88. The molecule has 1 saturated heterocycles. The summed E-state index contributed by atoms with van der Waals surface area (Å²) in [5, 5.41) is 1.17. The molecule has 120 valence electrons. The molecule has 1 amide bonds. The van der Waals surface area contributed by atoms with E-state index < -0.39 is 0 Å². The maximum absolute atomic E-state index is 12.6. The molecule has 0 spiro atoms. The Labute approximate surface area is 136 Å². The first-order valence-electron chi connectivity index (χ1n) is 8.51. The number of likely N-dealkylation sites (tertiary alicyclic amines) is 1. The molecule has 0 aliphatic carbocycles. The highest BCUT2D eigenvalue weighted by Gasteiger charge is 2.20. The third kappa shape index (κ3) is 2.68. The van der Waals surface area contributed by atoms with Crippen LogP contribution in [0.2, 0.25) is 0 Å². The highest BCUT2D eigenvalue weighted by Crippen LogP contribution is 2.30. The van der Waals surface area contributed by atoms with E-state index in [9.17, 15) is 4.79 Å². The van der Waals surface area contributed by atoms with Gasteiger partial charge in [0.25, 0.3) is 5.91 Å². The maximum atomic E-state index is 12.6. The second-order valence-corrected chi connectivity index (χ2v) is 6.70. The number of aromatic amines is 1. The van der Waals surface area contributed by atoms with Crippen molar-refractivity contribution in [1.82, 2.24) is 14.8 Å². The standard InChI is InChI=1S/C19H23N3O/c1-21-10-6-14(7-11-21)17-13-20-18-5-4-15(12-16(17)18)19(23)22-8-2-3-9-22/h4-6,12-13,20H,2-3,7-11H2,1H3. The minimum Gasteiger partial charge on any atom is -0.361 e. The summed E-state index contributed by atoms with van der Waals surface area (Å²) in [6, 6.07) is 6.06. The van der Waals surface area contributed by atoms with Crippen LogP contribution in [0.15, 0.2) is 30.5 Å². The van der Waals surface area contributed by atoms with Crippen molar-refractivity contribution >= 4 is 22.4 Å². The number of benzene rings is 1. The molecular weight excluding hydrogens is 286 g/mol. The summed E-state index contributed by atoms with van der Waals surface area (Å²) in [5.41, 5.74) is 4.57. The summed E-state index contributed by atoms with van der Waals surface area (Å²) >= 11 is 0. The Morgan fingerprint density at radius 1 is 1.17 bits per heavy atom. The van der Waals surface area contributed by atoms with Crippen LogP contribution in [-0.2, 0) is 0 Å². The van der Waals surface area contributed by atoms with Gasteiger partial charge >= 0.3 is 0 Å². The first kappa shape index (κ1) is 14.5. The van der Waals surface area contributed by atoms with Crippen LogP contribution in [0.25, 0.3) is 16.5 Å². The number of nitrogens with zero attached hydrogens (tertiary/aromatic N) is 2. The Morgan fingerprint density at radius 3 is 2.74 bits per heavy atom. The lowest BCUT2D eigenvalue weighted by atomic mass is 9.98. The summed E-state index contributed by atoms with van der Waals surface area (Å²) in [5.74, 6) is 0.175. The molecule has 1 aromatic heterocycles. The lowest BCUT2D eigenvalue weighted by Crippen LogP contribution is -2.27. The van der Waals surface area contributed by atoms with Crippen LogP contribution in [0.3, 0.4) is 0 Å². The molecule has 1 N–H and O–H groups in total. The van der Waals surface area contributed by atoms with Crippen LogP contribution in [0, 0.1) is 0 Å². The van der Waals surface area contributed by atoms with Crippen molar-refractivity contribution in [3.63, 3.8) is 0 Å². The van der Waals surface area contributed by atoms with Crippen LogP contribution in [0.5, 0.6) is 0 Å². The number of carbonyl (C=O) groups excluding carboxylic acids is 1. The van der Waals surface area contributed by atoms with Crippen molar-refractivity contribution < 1.29 is 4.79 Å². The van der Waals surface area contributed by atoms with E-state index in [2.05, 4.69) is 35.3 Å². The fraction of sp³-hybridized carbons (Fsp3) is 0.421. The van der Waals surface area contributed by atoms with Gasteiger partial charge in [0.15, 0.2) is 0 Å². The lowest BCUT2D eigenvalue weighted by Gasteiger charge is -2.21. The summed E-state index contributed by atoms with van der Waals surface area (Å²) in [7, 11) is 2.15. The fourth-order valence-electron chi connectivity index (χ4n) is 3.64. The SMILES string of the molecule is CN1CC=C(c2c[nH]c3ccc(C(=O)N4CCCC4)cc23)CC1. The number of carbonyl (C=O) groups is 1. The molecule has 2 aromatic rings. The molecule has 0 radical (unpaired) electrons. The number of rotatable bonds is 2. The van der Waals surface area contributed by atoms with Crippen LogP contribution in [0.4, 0.5) is 0 Å². The zero-order valence-corrected chi connectivity index (χ0v) is 13.6. The van der Waals surface area contributed by atoms with Gasteiger partial charge in [-0.3, -0.25) is 4.79 Å². The quantitative estimate of drug-likeness (QED) is 0.926. The largest absolute Gasteiger partial charge is 0.361 e. The third-order valence-corrected chi connectivity index (χ3v) is 5.08. The van der Waals surface area contributed by atoms with E-state index in [1.165, 1.54) is 16.5 Å². The van der Waals surface area contributed by atoms with Crippen LogP contribution < -0.4 is 0 Å². The minimum atomic E-state index is 0.175. The van der Waals surface area contributed by atoms with E-state index >= 15 is 0 Å². The fourth-order valence-corrected chi connectivity index (χ4v) is 3.64. The number of hydrogen-bond donors (Lipinski definition) is 1. The van der Waals surface area contributed by atoms with Gasteiger partial charge in [-0.05, 0) is 50.1 Å². The normalized spacial score (nSPS) is 19.3. The highest BCUT2D eigenvalue weighted by molar-refractivity contribution is 6.01. The Balaban J connectivity index is 1.70. The maximum Gasteiger partial charge on any atom is 0.253 e. The molecule has 1 fully saturated rings. The minimum absolute atomic E-state index is 0.175. The van der Waals surface area contributed by atoms with Crippen LogP contribution >= 0.6 is 0 Å². The summed E-state index contributed by atoms with van der Waals surface area (Å²) < 4.78 is 0. The Morgan fingerprint density at radius 2 is 2.00 bits per heavy atom. The third-order valence-electron chi connectivity index (χ3n) is 5.08. The van der Waals surface area contributed by atoms with Crippen molar-refractivity contribution in [3.8, 4) is 0 Å². The zero-order valence-electron chi connectivity index (χ0n) is 13.6. The lowest BCUT2D eigenvalue weighted by molar-refractivity contribution is 0.0793. The average molecular weight is 309 g/mol. The molecule has 0 unspecified atom stereocenters. The predicted octanol–water partition coefficient (Wildman–Crippen LogP) is 3.12. The Hall–Kier alpha value is -2.07. The van der Waals surface area contributed by atoms with Crippen LogP contribution in [0.1, 0.15) is 35.2 Å². The van der Waals surface area contributed by atoms with Gasteiger partial charge in [-0.2, -0.15) is 0 Å². The molecule has 3 heterocycles. The molecule has 0 saturated carbocycles. The smallest absolute Gasteiger partial charge is 0.253 e. The monoisotopic (exact) mass is 309 g/mol. The van der Waals surface area contributed by atoms with Gasteiger partial charge in [0, 0.05) is 54.4 Å². The van der Waals surface area contributed by atoms with E-state index in [1.54, 1.807) is 0 Å². The van der Waals surface area contributed by atoms with Gasteiger partial charge in [-0.1, -0.05) is 6.08 Å². The number of amides is 1. The Kier molecular flexibility index (Phi) is 3.69. The van der Waals surface area contributed by atoms with Crippen molar-refractivity contribution in [3.05, 3.63) is 41.6 Å². The summed E-state index contributed by atoms with van der Waals surface area (Å²) in [6.07, 6.45) is 7.72. The second kappa shape index (κ2) is 5.85. The van der Waals surface area contributed by atoms with Gasteiger partial charge in [-0.15, -0.1) is 0 Å². The molecule has 4 rings (SSSR count). The highest BCUT2D eigenvalue weighted by atomic mass is 16.2. The molecule has 4 heteroatoms. The summed E-state index contributed by atoms with van der Waals surface area (Å²) in [4.78, 5) is 20.3. The first-order valence-corrected chi connectivity index (χ1v) is 8.51. The van der Waals surface area contributed by atoms with Crippen molar-refractivity contribution in [1.29, 1.82) is 0 Å². The molecule has 0 atom stereocenters. The first-order chi connectivity index (χ1) is 11.2. The number of hydrogen-bond acceptors (Lipinski definition) is 2. The molecular formula is C19H23N3O. The number of nitrogens with one attached hydrogen (secondary N) is 1. The molecule has 4 nitrogen and oxygen atoms in total. The van der Waals surface area contributed by atoms with E-state index in [1.807, 2.05) is 17.0 Å². The van der Waals surface area contributed by atoms with Crippen molar-refractivity contribution in [2.24, 2.45) is 0 Å². The van der Waals surface area contributed by atoms with E-state index in [0.29, 0.717) is 0 Å². The molecule has 2 aliphatic heterocycles. The van der Waals surface area contributed by atoms with Gasteiger partial charge in [0.2, 0.25) is 0 Å². The van der Waals surface area contributed by atoms with Gasteiger partial charge in [-0.25, -0.2) is 0 Å². The number of aromatic nitrogens is 1. The second-order valence-electron chi connectivity index (χ2n) is 6.70. The number of H-pyrrole nitrogens is 1. The van der Waals surface area contributed by atoms with Gasteiger partial charge in [0.1, 0.15) is 0 Å². The average Bonchev–Trinajstić information content (AvgIpc) is 3.24. The van der Waals surface area contributed by atoms with Crippen molar-refractivity contribution in [2.45, 2.75) is 19.3 Å². The molecule has 23 heavy (non-hydrogen) atoms. The Bertz CT molecular complexity index is 768. The molecule has 1 aromatic carbocycles. The topological polar surface area (TPSA) is 39.3 Å².